The molecule has 3 amide bonds. The lowest BCUT2D eigenvalue weighted by atomic mass is 10.1. The van der Waals surface area contributed by atoms with Crippen LogP contribution in [0.4, 0.5) is 13.6 Å². The molecule has 4 nitrogen and oxygen atoms in total. The van der Waals surface area contributed by atoms with Gasteiger partial charge >= 0.3 is 6.03 Å². The third-order valence-electron chi connectivity index (χ3n) is 1.83. The molecule has 0 heterocycles. The highest BCUT2D eigenvalue weighted by Gasteiger charge is 2.06. The molecule has 0 aliphatic carbocycles. The first-order valence-electron chi connectivity index (χ1n) is 4.51. The van der Waals surface area contributed by atoms with Crippen molar-refractivity contribution >= 4 is 11.9 Å². The van der Waals surface area contributed by atoms with Gasteiger partial charge in [-0.05, 0) is 24.1 Å². The number of aryl methyl sites for hydroxylation is 1. The van der Waals surface area contributed by atoms with Gasteiger partial charge in [-0.1, -0.05) is 0 Å². The Morgan fingerprint density at radius 1 is 1.19 bits per heavy atom. The molecule has 0 atom stereocenters. The second-order valence-corrected chi connectivity index (χ2v) is 3.19. The van der Waals surface area contributed by atoms with Crippen molar-refractivity contribution in [3.63, 3.8) is 0 Å². The van der Waals surface area contributed by atoms with Crippen LogP contribution in [0.15, 0.2) is 18.2 Å². The molecule has 0 bridgehead atoms. The van der Waals surface area contributed by atoms with Crippen LogP contribution in [0, 0.1) is 11.6 Å². The molecule has 3 N–H and O–H groups in total. The van der Waals surface area contributed by atoms with Gasteiger partial charge in [0.1, 0.15) is 11.6 Å². The van der Waals surface area contributed by atoms with Gasteiger partial charge in [-0.3, -0.25) is 10.1 Å². The van der Waals surface area contributed by atoms with Crippen molar-refractivity contribution in [3.05, 3.63) is 35.4 Å². The Morgan fingerprint density at radius 2 is 1.75 bits per heavy atom. The van der Waals surface area contributed by atoms with Crippen LogP contribution >= 0.6 is 0 Å². The average molecular weight is 228 g/mol. The van der Waals surface area contributed by atoms with Gasteiger partial charge in [-0.15, -0.1) is 0 Å². The van der Waals surface area contributed by atoms with E-state index >= 15 is 0 Å². The predicted octanol–water partition coefficient (Wildman–Crippen LogP) is 1.09. The van der Waals surface area contributed by atoms with Crippen molar-refractivity contribution in [1.82, 2.24) is 5.32 Å². The van der Waals surface area contributed by atoms with Gasteiger partial charge in [-0.2, -0.15) is 0 Å². The van der Waals surface area contributed by atoms with Crippen LogP contribution in [0.25, 0.3) is 0 Å². The van der Waals surface area contributed by atoms with Gasteiger partial charge in [0, 0.05) is 12.5 Å². The highest BCUT2D eigenvalue weighted by atomic mass is 19.1. The summed E-state index contributed by atoms with van der Waals surface area (Å²) in [4.78, 5) is 21.3. The number of carbonyl (C=O) groups is 2. The summed E-state index contributed by atoms with van der Waals surface area (Å²) in [5.41, 5.74) is 5.06. The minimum Gasteiger partial charge on any atom is -0.351 e. The quantitative estimate of drug-likeness (QED) is 0.812. The largest absolute Gasteiger partial charge is 0.351 e. The molecule has 16 heavy (non-hydrogen) atoms. The molecule has 0 unspecified atom stereocenters. The summed E-state index contributed by atoms with van der Waals surface area (Å²) in [6.45, 7) is 0. The number of primary amides is 1. The van der Waals surface area contributed by atoms with Crippen molar-refractivity contribution in [2.24, 2.45) is 5.73 Å². The van der Waals surface area contributed by atoms with Crippen LogP contribution < -0.4 is 11.1 Å². The van der Waals surface area contributed by atoms with E-state index in [9.17, 15) is 18.4 Å². The molecule has 0 spiro atoms. The van der Waals surface area contributed by atoms with Gasteiger partial charge in [0.2, 0.25) is 5.91 Å². The van der Waals surface area contributed by atoms with E-state index in [1.54, 1.807) is 0 Å². The molecule has 0 saturated heterocycles. The number of urea groups is 1. The van der Waals surface area contributed by atoms with E-state index < -0.39 is 23.6 Å². The van der Waals surface area contributed by atoms with Crippen LogP contribution in [0.2, 0.25) is 0 Å². The fraction of sp³-hybridized carbons (Fsp3) is 0.200. The predicted molar refractivity (Wildman–Crippen MR) is 52.4 cm³/mol. The average Bonchev–Trinajstić information content (AvgIpc) is 2.12. The fourth-order valence-corrected chi connectivity index (χ4v) is 1.21. The van der Waals surface area contributed by atoms with Crippen molar-refractivity contribution < 1.29 is 18.4 Å². The van der Waals surface area contributed by atoms with Crippen LogP contribution in [-0.2, 0) is 11.2 Å². The Balaban J connectivity index is 2.54. The molecule has 1 rings (SSSR count). The smallest absolute Gasteiger partial charge is 0.318 e. The van der Waals surface area contributed by atoms with Crippen LogP contribution in [0.1, 0.15) is 12.0 Å². The number of rotatable bonds is 3. The lowest BCUT2D eigenvalue weighted by Crippen LogP contribution is -2.35. The lowest BCUT2D eigenvalue weighted by molar-refractivity contribution is -0.119. The zero-order chi connectivity index (χ0) is 12.1. The second kappa shape index (κ2) is 5.20. The standard InChI is InChI=1S/C10H10F2N2O2/c11-7-3-6(4-8(12)5-7)1-2-9(15)14-10(13)16/h3-5H,1-2H2,(H3,13,14,15,16). The summed E-state index contributed by atoms with van der Waals surface area (Å²) in [7, 11) is 0. The number of halogens is 2. The summed E-state index contributed by atoms with van der Waals surface area (Å²) in [6, 6.07) is 2.05. The summed E-state index contributed by atoms with van der Waals surface area (Å²) >= 11 is 0. The molecular weight excluding hydrogens is 218 g/mol. The third-order valence-corrected chi connectivity index (χ3v) is 1.83. The van der Waals surface area contributed by atoms with E-state index in [1.165, 1.54) is 0 Å². The Hall–Kier alpha value is -1.98. The van der Waals surface area contributed by atoms with Crippen LogP contribution in [0.3, 0.4) is 0 Å². The maximum Gasteiger partial charge on any atom is 0.318 e. The van der Waals surface area contributed by atoms with Gasteiger partial charge in [0.15, 0.2) is 0 Å². The molecule has 0 saturated carbocycles. The Morgan fingerprint density at radius 3 is 2.25 bits per heavy atom. The Labute approximate surface area is 90.4 Å². The molecule has 86 valence electrons. The van der Waals surface area contributed by atoms with Crippen LogP contribution in [-0.4, -0.2) is 11.9 Å². The number of benzene rings is 1. The van der Waals surface area contributed by atoms with E-state index in [0.29, 0.717) is 5.56 Å². The summed E-state index contributed by atoms with van der Waals surface area (Å²) in [6.07, 6.45) is 0.0691. The number of hydrogen-bond donors (Lipinski definition) is 2. The maximum absolute atomic E-state index is 12.7. The van der Waals surface area contributed by atoms with Crippen molar-refractivity contribution in [2.75, 3.05) is 0 Å². The third kappa shape index (κ3) is 4.04. The topological polar surface area (TPSA) is 72.2 Å². The van der Waals surface area contributed by atoms with Gasteiger partial charge in [0.05, 0.1) is 0 Å². The van der Waals surface area contributed by atoms with Gasteiger partial charge in [0.25, 0.3) is 0 Å². The van der Waals surface area contributed by atoms with Crippen molar-refractivity contribution in [2.45, 2.75) is 12.8 Å². The van der Waals surface area contributed by atoms with Crippen molar-refractivity contribution in [3.8, 4) is 0 Å². The SMILES string of the molecule is NC(=O)NC(=O)CCc1cc(F)cc(F)c1. The lowest BCUT2D eigenvalue weighted by Gasteiger charge is -2.02. The summed E-state index contributed by atoms with van der Waals surface area (Å²) in [5.74, 6) is -1.99. The molecule has 1 aromatic rings. The first-order valence-corrected chi connectivity index (χ1v) is 4.51. The van der Waals surface area contributed by atoms with Crippen LogP contribution in [0.5, 0.6) is 0 Å². The minimum atomic E-state index is -0.949. The number of imide groups is 1. The molecule has 0 radical (unpaired) electrons. The highest BCUT2D eigenvalue weighted by molar-refractivity contribution is 5.93. The molecule has 0 aromatic heterocycles. The Kier molecular flexibility index (Phi) is 3.93. The monoisotopic (exact) mass is 228 g/mol. The first kappa shape index (κ1) is 12.1. The zero-order valence-corrected chi connectivity index (χ0v) is 8.30. The number of nitrogens with one attached hydrogen (secondary N) is 1. The fourth-order valence-electron chi connectivity index (χ4n) is 1.21. The minimum absolute atomic E-state index is 0.0637. The van der Waals surface area contributed by atoms with E-state index in [2.05, 4.69) is 0 Å². The molecule has 0 fully saturated rings. The highest BCUT2D eigenvalue weighted by Crippen LogP contribution is 2.09. The molecular formula is C10H10F2N2O2. The molecule has 1 aromatic carbocycles. The normalized spacial score (nSPS) is 9.88. The van der Waals surface area contributed by atoms with Crippen molar-refractivity contribution in [1.29, 1.82) is 0 Å². The van der Waals surface area contributed by atoms with E-state index in [1.807, 2.05) is 5.32 Å². The maximum atomic E-state index is 12.7. The van der Waals surface area contributed by atoms with E-state index in [4.69, 9.17) is 5.73 Å². The molecule has 6 heteroatoms. The summed E-state index contributed by atoms with van der Waals surface area (Å²) in [5, 5.41) is 1.85. The Bertz CT molecular complexity index is 401. The number of nitrogens with two attached hydrogens (primary N) is 1. The number of amides is 3. The molecule has 0 aliphatic heterocycles. The second-order valence-electron chi connectivity index (χ2n) is 3.19. The van der Waals surface area contributed by atoms with E-state index in [0.717, 1.165) is 18.2 Å². The van der Waals surface area contributed by atoms with E-state index in [-0.39, 0.29) is 12.8 Å². The number of carbonyl (C=O) groups excluding carboxylic acids is 2. The zero-order valence-electron chi connectivity index (χ0n) is 8.30. The summed E-state index contributed by atoms with van der Waals surface area (Å²) < 4.78 is 25.5. The number of hydrogen-bond acceptors (Lipinski definition) is 2. The van der Waals surface area contributed by atoms with Gasteiger partial charge in [-0.25, -0.2) is 13.6 Å². The molecule has 0 aliphatic rings. The first-order chi connectivity index (χ1) is 7.47. The van der Waals surface area contributed by atoms with Gasteiger partial charge < -0.3 is 5.73 Å².